The number of halogens is 1. The van der Waals surface area contributed by atoms with Crippen LogP contribution in [0.5, 0.6) is 11.5 Å². The molecule has 1 unspecified atom stereocenters. The van der Waals surface area contributed by atoms with Crippen LogP contribution in [0.2, 0.25) is 0 Å². The number of nitrogens with one attached hydrogen (secondary N) is 1. The van der Waals surface area contributed by atoms with E-state index in [-0.39, 0.29) is 12.4 Å². The second-order valence-corrected chi connectivity index (χ2v) is 4.98. The monoisotopic (exact) mass is 317 g/mol. The molecule has 0 radical (unpaired) electrons. The van der Waals surface area contributed by atoms with Gasteiger partial charge in [0.2, 0.25) is 0 Å². The van der Waals surface area contributed by atoms with Crippen LogP contribution in [0.25, 0.3) is 0 Å². The van der Waals surface area contributed by atoms with E-state index in [0.717, 1.165) is 18.4 Å². The molecule has 4 nitrogen and oxygen atoms in total. The summed E-state index contributed by atoms with van der Waals surface area (Å²) in [7, 11) is 1.53. The van der Waals surface area contributed by atoms with Gasteiger partial charge in [-0.2, -0.15) is 0 Å². The SMILES string of the molecule is CCC(CCO)NCc1cc(Br)c(O)c(OC)c1. The van der Waals surface area contributed by atoms with E-state index in [0.29, 0.717) is 22.8 Å². The topological polar surface area (TPSA) is 61.7 Å². The first-order valence-corrected chi connectivity index (χ1v) is 6.81. The molecule has 102 valence electrons. The minimum absolute atomic E-state index is 0.114. The first-order valence-electron chi connectivity index (χ1n) is 6.02. The minimum atomic E-state index is 0.114. The molecule has 1 rings (SSSR count). The van der Waals surface area contributed by atoms with Gasteiger partial charge >= 0.3 is 0 Å². The summed E-state index contributed by atoms with van der Waals surface area (Å²) in [5.74, 6) is 0.569. The maximum Gasteiger partial charge on any atom is 0.172 e. The molecule has 1 aromatic rings. The third-order valence-corrected chi connectivity index (χ3v) is 3.48. The summed E-state index contributed by atoms with van der Waals surface area (Å²) in [6.07, 6.45) is 1.71. The van der Waals surface area contributed by atoms with Crippen LogP contribution in [0.15, 0.2) is 16.6 Å². The first-order chi connectivity index (χ1) is 8.62. The van der Waals surface area contributed by atoms with Crippen molar-refractivity contribution in [2.75, 3.05) is 13.7 Å². The summed E-state index contributed by atoms with van der Waals surface area (Å²) in [5.41, 5.74) is 1.02. The van der Waals surface area contributed by atoms with Crippen LogP contribution < -0.4 is 10.1 Å². The van der Waals surface area contributed by atoms with Crippen molar-refractivity contribution in [2.24, 2.45) is 0 Å². The smallest absolute Gasteiger partial charge is 0.172 e. The number of aliphatic hydroxyl groups excluding tert-OH is 1. The van der Waals surface area contributed by atoms with E-state index in [4.69, 9.17) is 9.84 Å². The van der Waals surface area contributed by atoms with Crippen LogP contribution in [0, 0.1) is 0 Å². The second-order valence-electron chi connectivity index (χ2n) is 4.13. The predicted octanol–water partition coefficient (Wildman–Crippen LogP) is 2.41. The molecule has 0 spiro atoms. The minimum Gasteiger partial charge on any atom is -0.503 e. The summed E-state index contributed by atoms with van der Waals surface area (Å²) in [4.78, 5) is 0. The number of benzene rings is 1. The molecule has 0 saturated carbocycles. The fraction of sp³-hybridized carbons (Fsp3) is 0.538. The fourth-order valence-electron chi connectivity index (χ4n) is 1.75. The molecule has 0 aromatic heterocycles. The lowest BCUT2D eigenvalue weighted by Gasteiger charge is -2.16. The van der Waals surface area contributed by atoms with Crippen molar-refractivity contribution in [3.63, 3.8) is 0 Å². The lowest BCUT2D eigenvalue weighted by Crippen LogP contribution is -2.28. The Balaban J connectivity index is 2.70. The highest BCUT2D eigenvalue weighted by Gasteiger charge is 2.10. The van der Waals surface area contributed by atoms with E-state index in [9.17, 15) is 5.11 Å². The number of hydrogen-bond acceptors (Lipinski definition) is 4. The van der Waals surface area contributed by atoms with Gasteiger partial charge in [0.15, 0.2) is 11.5 Å². The van der Waals surface area contributed by atoms with Gasteiger partial charge in [-0.05, 0) is 46.5 Å². The summed E-state index contributed by atoms with van der Waals surface area (Å²) in [5, 5.41) is 22.0. The Morgan fingerprint density at radius 3 is 2.72 bits per heavy atom. The van der Waals surface area contributed by atoms with Crippen LogP contribution in [0.4, 0.5) is 0 Å². The van der Waals surface area contributed by atoms with Gasteiger partial charge in [-0.1, -0.05) is 6.92 Å². The van der Waals surface area contributed by atoms with Crippen LogP contribution in [0.1, 0.15) is 25.3 Å². The zero-order valence-electron chi connectivity index (χ0n) is 10.7. The quantitative estimate of drug-likeness (QED) is 0.722. The maximum absolute atomic E-state index is 9.70. The number of phenols is 1. The van der Waals surface area contributed by atoms with Gasteiger partial charge in [0.05, 0.1) is 11.6 Å². The number of methoxy groups -OCH3 is 1. The number of aliphatic hydroxyl groups is 1. The number of aromatic hydroxyl groups is 1. The Morgan fingerprint density at radius 2 is 2.17 bits per heavy atom. The highest BCUT2D eigenvalue weighted by atomic mass is 79.9. The zero-order valence-corrected chi connectivity index (χ0v) is 12.3. The summed E-state index contributed by atoms with van der Waals surface area (Å²) in [6, 6.07) is 3.96. The molecule has 3 N–H and O–H groups in total. The van der Waals surface area contributed by atoms with Gasteiger partial charge in [0.25, 0.3) is 0 Å². The molecule has 18 heavy (non-hydrogen) atoms. The highest BCUT2D eigenvalue weighted by Crippen LogP contribution is 2.35. The standard InChI is InChI=1S/C13H20BrNO3/c1-3-10(4-5-16)15-8-9-6-11(14)13(17)12(7-9)18-2/h6-7,10,15-17H,3-5,8H2,1-2H3. The normalized spacial score (nSPS) is 12.4. The Morgan fingerprint density at radius 1 is 1.44 bits per heavy atom. The van der Waals surface area contributed by atoms with E-state index in [1.165, 1.54) is 7.11 Å². The molecule has 1 aromatic carbocycles. The third-order valence-electron chi connectivity index (χ3n) is 2.87. The van der Waals surface area contributed by atoms with Gasteiger partial charge in [-0.25, -0.2) is 0 Å². The molecule has 0 fully saturated rings. The molecule has 0 heterocycles. The van der Waals surface area contributed by atoms with Crippen molar-refractivity contribution in [1.29, 1.82) is 0 Å². The number of hydrogen-bond donors (Lipinski definition) is 3. The first kappa shape index (κ1) is 15.3. The molecule has 0 aliphatic rings. The molecular formula is C13H20BrNO3. The van der Waals surface area contributed by atoms with E-state index in [1.54, 1.807) is 6.07 Å². The number of ether oxygens (including phenoxy) is 1. The largest absolute Gasteiger partial charge is 0.503 e. The molecule has 0 aliphatic heterocycles. The number of phenolic OH excluding ortho intramolecular Hbond substituents is 1. The summed E-state index contributed by atoms with van der Waals surface area (Å²) >= 11 is 3.29. The summed E-state index contributed by atoms with van der Waals surface area (Å²) in [6.45, 7) is 2.95. The average Bonchev–Trinajstić information content (AvgIpc) is 2.38. The van der Waals surface area contributed by atoms with Gasteiger partial charge in [-0.15, -0.1) is 0 Å². The van der Waals surface area contributed by atoms with Gasteiger partial charge in [0.1, 0.15) is 0 Å². The number of rotatable bonds is 7. The second kappa shape index (κ2) is 7.61. The maximum atomic E-state index is 9.70. The van der Waals surface area contributed by atoms with Crippen LogP contribution in [0.3, 0.4) is 0 Å². The average molecular weight is 318 g/mol. The van der Waals surface area contributed by atoms with E-state index in [1.807, 2.05) is 6.07 Å². The molecule has 5 heteroatoms. The van der Waals surface area contributed by atoms with Crippen LogP contribution in [-0.4, -0.2) is 30.0 Å². The van der Waals surface area contributed by atoms with E-state index >= 15 is 0 Å². The van der Waals surface area contributed by atoms with E-state index < -0.39 is 0 Å². The van der Waals surface area contributed by atoms with Gasteiger partial charge in [0, 0.05) is 19.2 Å². The van der Waals surface area contributed by atoms with Crippen LogP contribution in [-0.2, 0) is 6.54 Å². The lowest BCUT2D eigenvalue weighted by atomic mass is 10.1. The summed E-state index contributed by atoms with van der Waals surface area (Å²) < 4.78 is 5.72. The molecule has 0 amide bonds. The molecule has 0 bridgehead atoms. The van der Waals surface area contributed by atoms with Crippen molar-refractivity contribution in [2.45, 2.75) is 32.4 Å². The van der Waals surface area contributed by atoms with E-state index in [2.05, 4.69) is 28.2 Å². The third kappa shape index (κ3) is 4.15. The highest BCUT2D eigenvalue weighted by molar-refractivity contribution is 9.10. The molecule has 0 aliphatic carbocycles. The van der Waals surface area contributed by atoms with Gasteiger partial charge in [-0.3, -0.25) is 0 Å². The molecular weight excluding hydrogens is 298 g/mol. The Kier molecular flexibility index (Phi) is 6.46. The van der Waals surface area contributed by atoms with Crippen LogP contribution >= 0.6 is 15.9 Å². The predicted molar refractivity (Wildman–Crippen MR) is 75.0 cm³/mol. The van der Waals surface area contributed by atoms with Crippen molar-refractivity contribution >= 4 is 15.9 Å². The lowest BCUT2D eigenvalue weighted by molar-refractivity contribution is 0.262. The van der Waals surface area contributed by atoms with Crippen molar-refractivity contribution in [3.8, 4) is 11.5 Å². The fourth-order valence-corrected chi connectivity index (χ4v) is 2.24. The van der Waals surface area contributed by atoms with Crippen molar-refractivity contribution in [3.05, 3.63) is 22.2 Å². The Labute approximate surface area is 116 Å². The Bertz CT molecular complexity index is 385. The molecule has 0 saturated heterocycles. The van der Waals surface area contributed by atoms with Crippen molar-refractivity contribution < 1.29 is 14.9 Å². The Hall–Kier alpha value is -0.780. The molecule has 1 atom stereocenters. The van der Waals surface area contributed by atoms with Crippen molar-refractivity contribution in [1.82, 2.24) is 5.32 Å². The van der Waals surface area contributed by atoms with Gasteiger partial charge < -0.3 is 20.3 Å². The zero-order chi connectivity index (χ0) is 13.5.